The van der Waals surface area contributed by atoms with Crippen LogP contribution in [0.15, 0.2) is 42.5 Å². The van der Waals surface area contributed by atoms with Gasteiger partial charge in [0.1, 0.15) is 11.8 Å². The fourth-order valence-corrected chi connectivity index (χ4v) is 2.69. The Hall–Kier alpha value is -3.42. The number of anilines is 1. The van der Waals surface area contributed by atoms with Gasteiger partial charge in [-0.15, -0.1) is 0 Å². The van der Waals surface area contributed by atoms with E-state index in [4.69, 9.17) is 4.74 Å². The van der Waals surface area contributed by atoms with E-state index in [0.29, 0.717) is 22.6 Å². The Bertz CT molecular complexity index is 895. The molecule has 28 heavy (non-hydrogen) atoms. The number of methoxy groups -OCH3 is 1. The third-order valence-corrected chi connectivity index (χ3v) is 4.26. The van der Waals surface area contributed by atoms with Crippen molar-refractivity contribution in [3.8, 4) is 5.75 Å². The summed E-state index contributed by atoms with van der Waals surface area (Å²) in [6.07, 6.45) is 0. The Morgan fingerprint density at radius 1 is 1.14 bits per heavy atom. The summed E-state index contributed by atoms with van der Waals surface area (Å²) in [6.45, 7) is 5.21. The van der Waals surface area contributed by atoms with Crippen LogP contribution in [-0.2, 0) is 4.79 Å². The number of nitrogens with zero attached hydrogens (tertiary/aromatic N) is 1. The van der Waals surface area contributed by atoms with E-state index in [-0.39, 0.29) is 11.6 Å². The maximum absolute atomic E-state index is 12.7. The third kappa shape index (κ3) is 4.85. The summed E-state index contributed by atoms with van der Waals surface area (Å²) in [6, 6.07) is 10.3. The molecule has 2 amide bonds. The number of carbonyl (C=O) groups is 2. The van der Waals surface area contributed by atoms with Gasteiger partial charge in [-0.05, 0) is 31.0 Å². The van der Waals surface area contributed by atoms with E-state index in [2.05, 4.69) is 10.6 Å². The Kier molecular flexibility index (Phi) is 6.70. The number of nitro benzene ring substituents is 1. The lowest BCUT2D eigenvalue weighted by Crippen LogP contribution is -2.47. The van der Waals surface area contributed by atoms with E-state index in [1.165, 1.54) is 13.2 Å². The van der Waals surface area contributed by atoms with Crippen LogP contribution in [0.2, 0.25) is 0 Å². The van der Waals surface area contributed by atoms with Gasteiger partial charge in [-0.3, -0.25) is 19.7 Å². The van der Waals surface area contributed by atoms with Crippen molar-refractivity contribution in [2.45, 2.75) is 26.8 Å². The van der Waals surface area contributed by atoms with E-state index < -0.39 is 22.8 Å². The van der Waals surface area contributed by atoms with Crippen molar-refractivity contribution in [2.24, 2.45) is 5.92 Å². The molecule has 8 heteroatoms. The second-order valence-corrected chi connectivity index (χ2v) is 6.64. The summed E-state index contributed by atoms with van der Waals surface area (Å²) in [5, 5.41) is 16.4. The molecule has 0 heterocycles. The minimum Gasteiger partial charge on any atom is -0.496 e. The Morgan fingerprint density at radius 2 is 1.82 bits per heavy atom. The smallest absolute Gasteiger partial charge is 0.274 e. The van der Waals surface area contributed by atoms with Gasteiger partial charge < -0.3 is 15.4 Å². The minimum atomic E-state index is -0.835. The molecule has 0 bridgehead atoms. The van der Waals surface area contributed by atoms with Gasteiger partial charge in [-0.2, -0.15) is 0 Å². The quantitative estimate of drug-likeness (QED) is 0.561. The molecule has 8 nitrogen and oxygen atoms in total. The standard InChI is InChI=1S/C20H23N3O5/c1-12(2)18(22-19(24)15-7-5-6-8-17(15)28-4)20(25)21-14-10-9-13(3)16(11-14)23(26)27/h5-12,18H,1-4H3,(H,21,25)(H,22,24)/t18-/m0/s1. The van der Waals surface area contributed by atoms with Crippen LogP contribution in [-0.4, -0.2) is 29.9 Å². The van der Waals surface area contributed by atoms with Crippen molar-refractivity contribution >= 4 is 23.2 Å². The highest BCUT2D eigenvalue weighted by molar-refractivity contribution is 6.02. The van der Waals surface area contributed by atoms with Crippen LogP contribution in [0.4, 0.5) is 11.4 Å². The summed E-state index contributed by atoms with van der Waals surface area (Å²) in [7, 11) is 1.46. The zero-order valence-electron chi connectivity index (χ0n) is 16.2. The summed E-state index contributed by atoms with van der Waals surface area (Å²) >= 11 is 0. The number of benzene rings is 2. The predicted octanol–water partition coefficient (Wildman–Crippen LogP) is 3.30. The van der Waals surface area contributed by atoms with Gasteiger partial charge in [0.05, 0.1) is 17.6 Å². The molecule has 0 unspecified atom stereocenters. The summed E-state index contributed by atoms with van der Waals surface area (Å²) in [5.41, 5.74) is 1.01. The van der Waals surface area contributed by atoms with Crippen LogP contribution in [0.3, 0.4) is 0 Å². The summed E-state index contributed by atoms with van der Waals surface area (Å²) in [5.74, 6) is -0.714. The van der Waals surface area contributed by atoms with E-state index >= 15 is 0 Å². The SMILES string of the molecule is COc1ccccc1C(=O)N[C@H](C(=O)Nc1ccc(C)c([N+](=O)[O-])c1)C(C)C. The minimum absolute atomic E-state index is 0.0862. The van der Waals surface area contributed by atoms with Crippen LogP contribution in [0.25, 0.3) is 0 Å². The first-order valence-corrected chi connectivity index (χ1v) is 8.74. The molecule has 0 aliphatic rings. The molecule has 1 atom stereocenters. The number of hydrogen-bond acceptors (Lipinski definition) is 5. The van der Waals surface area contributed by atoms with Crippen LogP contribution < -0.4 is 15.4 Å². The van der Waals surface area contributed by atoms with Crippen LogP contribution in [0.1, 0.15) is 29.8 Å². The van der Waals surface area contributed by atoms with Crippen molar-refractivity contribution in [3.05, 3.63) is 63.7 Å². The molecule has 148 valence electrons. The van der Waals surface area contributed by atoms with Crippen LogP contribution in [0, 0.1) is 23.0 Å². The maximum atomic E-state index is 12.7. The molecule has 2 rings (SSSR count). The Labute approximate surface area is 163 Å². The number of para-hydroxylation sites is 1. The first-order chi connectivity index (χ1) is 13.2. The molecule has 0 fully saturated rings. The van der Waals surface area contributed by atoms with Gasteiger partial charge >= 0.3 is 0 Å². The number of rotatable bonds is 7. The van der Waals surface area contributed by atoms with Crippen molar-refractivity contribution in [2.75, 3.05) is 12.4 Å². The Morgan fingerprint density at radius 3 is 2.43 bits per heavy atom. The number of nitrogens with one attached hydrogen (secondary N) is 2. The third-order valence-electron chi connectivity index (χ3n) is 4.26. The average Bonchev–Trinajstić information content (AvgIpc) is 2.66. The lowest BCUT2D eigenvalue weighted by atomic mass is 10.0. The van der Waals surface area contributed by atoms with E-state index in [1.54, 1.807) is 57.2 Å². The monoisotopic (exact) mass is 385 g/mol. The van der Waals surface area contributed by atoms with Gasteiger partial charge in [-0.1, -0.05) is 32.0 Å². The number of amides is 2. The fourth-order valence-electron chi connectivity index (χ4n) is 2.69. The Balaban J connectivity index is 2.20. The number of nitro groups is 1. The molecule has 2 N–H and O–H groups in total. The molecular weight excluding hydrogens is 362 g/mol. The van der Waals surface area contributed by atoms with Gasteiger partial charge in [0, 0.05) is 17.3 Å². The molecule has 0 aromatic heterocycles. The average molecular weight is 385 g/mol. The van der Waals surface area contributed by atoms with E-state index in [9.17, 15) is 19.7 Å². The summed E-state index contributed by atoms with van der Waals surface area (Å²) in [4.78, 5) is 35.9. The molecule has 0 spiro atoms. The molecular formula is C20H23N3O5. The highest BCUT2D eigenvalue weighted by Gasteiger charge is 2.26. The fraction of sp³-hybridized carbons (Fsp3) is 0.300. The second-order valence-electron chi connectivity index (χ2n) is 6.64. The highest BCUT2D eigenvalue weighted by Crippen LogP contribution is 2.23. The number of ether oxygens (including phenoxy) is 1. The molecule has 0 aliphatic carbocycles. The van der Waals surface area contributed by atoms with Crippen molar-refractivity contribution in [3.63, 3.8) is 0 Å². The predicted molar refractivity (Wildman–Crippen MR) is 106 cm³/mol. The molecule has 0 saturated carbocycles. The van der Waals surface area contributed by atoms with Crippen LogP contribution >= 0.6 is 0 Å². The van der Waals surface area contributed by atoms with Gasteiger partial charge in [0.2, 0.25) is 5.91 Å². The topological polar surface area (TPSA) is 111 Å². The molecule has 0 aliphatic heterocycles. The summed E-state index contributed by atoms with van der Waals surface area (Å²) < 4.78 is 5.19. The van der Waals surface area contributed by atoms with Crippen molar-refractivity contribution < 1.29 is 19.2 Å². The zero-order valence-corrected chi connectivity index (χ0v) is 16.2. The van der Waals surface area contributed by atoms with Gasteiger partial charge in [0.25, 0.3) is 11.6 Å². The second kappa shape index (κ2) is 8.98. The number of hydrogen-bond donors (Lipinski definition) is 2. The number of aryl methyl sites for hydroxylation is 1. The van der Waals surface area contributed by atoms with Gasteiger partial charge in [-0.25, -0.2) is 0 Å². The largest absolute Gasteiger partial charge is 0.496 e. The lowest BCUT2D eigenvalue weighted by molar-refractivity contribution is -0.385. The maximum Gasteiger partial charge on any atom is 0.274 e. The lowest BCUT2D eigenvalue weighted by Gasteiger charge is -2.22. The van der Waals surface area contributed by atoms with Gasteiger partial charge in [0.15, 0.2) is 0 Å². The first kappa shape index (κ1) is 20.9. The normalized spacial score (nSPS) is 11.6. The molecule has 0 saturated heterocycles. The van der Waals surface area contributed by atoms with Crippen molar-refractivity contribution in [1.82, 2.24) is 5.32 Å². The first-order valence-electron chi connectivity index (χ1n) is 8.74. The van der Waals surface area contributed by atoms with E-state index in [0.717, 1.165) is 0 Å². The van der Waals surface area contributed by atoms with Crippen molar-refractivity contribution in [1.29, 1.82) is 0 Å². The molecule has 2 aromatic carbocycles. The molecule has 2 aromatic rings. The molecule has 0 radical (unpaired) electrons. The van der Waals surface area contributed by atoms with E-state index in [1.807, 2.05) is 0 Å². The van der Waals surface area contributed by atoms with Crippen LogP contribution in [0.5, 0.6) is 5.75 Å². The zero-order chi connectivity index (χ0) is 20.8. The highest BCUT2D eigenvalue weighted by atomic mass is 16.6. The number of carbonyl (C=O) groups excluding carboxylic acids is 2.